The van der Waals surface area contributed by atoms with E-state index in [2.05, 4.69) is 10.3 Å². The van der Waals surface area contributed by atoms with Crippen LogP contribution < -0.4 is 10.1 Å². The fraction of sp³-hybridized carbons (Fsp3) is 0.125. The Morgan fingerprint density at radius 2 is 1.73 bits per heavy atom. The van der Waals surface area contributed by atoms with Crippen LogP contribution in [0.2, 0.25) is 0 Å². The number of esters is 1. The van der Waals surface area contributed by atoms with Gasteiger partial charge in [-0.15, -0.1) is 0 Å². The summed E-state index contributed by atoms with van der Waals surface area (Å²) < 4.78 is 11.0. The summed E-state index contributed by atoms with van der Waals surface area (Å²) in [4.78, 5) is 29.5. The number of nitrogens with zero attached hydrogens (tertiary/aromatic N) is 1. The predicted octanol–water partition coefficient (Wildman–Crippen LogP) is 4.42. The summed E-state index contributed by atoms with van der Waals surface area (Å²) in [5, 5.41) is 2.80. The molecule has 2 aromatic carbocycles. The number of hydrogen-bond acceptors (Lipinski definition) is 5. The topological polar surface area (TPSA) is 77.5 Å². The van der Waals surface area contributed by atoms with Gasteiger partial charge in [-0.25, -0.2) is 4.79 Å². The molecule has 0 fully saturated rings. The molecule has 0 aliphatic heterocycles. The van der Waals surface area contributed by atoms with Gasteiger partial charge in [-0.2, -0.15) is 0 Å². The van der Waals surface area contributed by atoms with Gasteiger partial charge in [-0.3, -0.25) is 9.78 Å². The summed E-state index contributed by atoms with van der Waals surface area (Å²) in [5.74, 6) is -0.586. The fourth-order valence-corrected chi connectivity index (χ4v) is 2.73. The number of aromatic nitrogens is 1. The van der Waals surface area contributed by atoms with E-state index in [1.165, 1.54) is 12.2 Å². The Balaban J connectivity index is 1.78. The van der Waals surface area contributed by atoms with Gasteiger partial charge >= 0.3 is 5.97 Å². The number of pyridine rings is 1. The molecule has 0 unspecified atom stereocenters. The molecule has 0 saturated heterocycles. The summed E-state index contributed by atoms with van der Waals surface area (Å²) in [6, 6.07) is 21.3. The Hall–Kier alpha value is -3.93. The van der Waals surface area contributed by atoms with Crippen LogP contribution in [-0.4, -0.2) is 23.5 Å². The van der Waals surface area contributed by atoms with Gasteiger partial charge in [0, 0.05) is 17.8 Å². The van der Waals surface area contributed by atoms with E-state index in [9.17, 15) is 9.59 Å². The van der Waals surface area contributed by atoms with E-state index in [1.807, 2.05) is 25.1 Å². The minimum absolute atomic E-state index is 0.461. The van der Waals surface area contributed by atoms with Crippen molar-refractivity contribution in [3.05, 3.63) is 96.3 Å². The molecular weight excluding hydrogens is 380 g/mol. The van der Waals surface area contributed by atoms with Crippen LogP contribution in [0.1, 0.15) is 24.3 Å². The number of carbonyl (C=O) groups is 2. The van der Waals surface area contributed by atoms with E-state index in [0.717, 1.165) is 0 Å². The van der Waals surface area contributed by atoms with E-state index < -0.39 is 18.0 Å². The highest BCUT2D eigenvalue weighted by molar-refractivity contribution is 5.98. The third kappa shape index (κ3) is 5.78. The number of ether oxygens (including phenoxy) is 2. The van der Waals surface area contributed by atoms with Crippen molar-refractivity contribution in [2.75, 3.05) is 11.9 Å². The number of para-hydroxylation sites is 2. The number of hydrogen-bond donors (Lipinski definition) is 1. The Kier molecular flexibility index (Phi) is 7.33. The Morgan fingerprint density at radius 3 is 2.47 bits per heavy atom. The standard InChI is InChI=1S/C24H22N2O4/c1-2-29-21-14-7-6-13-20(21)26-24(28)23(18-10-4-3-5-11-18)30-22(27)16-15-19-12-8-9-17-25-19/h3-17,23H,2H2,1H3,(H,26,28)/b16-15+/t23-/m1/s1. The second-order valence-electron chi connectivity index (χ2n) is 6.23. The first-order valence-electron chi connectivity index (χ1n) is 9.54. The molecule has 152 valence electrons. The molecule has 0 aliphatic rings. The lowest BCUT2D eigenvalue weighted by Gasteiger charge is -2.18. The lowest BCUT2D eigenvalue weighted by atomic mass is 10.1. The zero-order valence-electron chi connectivity index (χ0n) is 16.5. The van der Waals surface area contributed by atoms with E-state index in [4.69, 9.17) is 9.47 Å². The highest BCUT2D eigenvalue weighted by Gasteiger charge is 2.25. The molecule has 1 N–H and O–H groups in total. The van der Waals surface area contributed by atoms with Gasteiger partial charge in [-0.1, -0.05) is 48.5 Å². The zero-order chi connectivity index (χ0) is 21.2. The number of amides is 1. The summed E-state index contributed by atoms with van der Waals surface area (Å²) in [5.41, 5.74) is 1.68. The van der Waals surface area contributed by atoms with Gasteiger partial charge in [0.15, 0.2) is 0 Å². The van der Waals surface area contributed by atoms with E-state index in [1.54, 1.807) is 60.8 Å². The van der Waals surface area contributed by atoms with E-state index in [-0.39, 0.29) is 0 Å². The zero-order valence-corrected chi connectivity index (χ0v) is 16.5. The molecule has 0 saturated carbocycles. The first-order chi connectivity index (χ1) is 14.7. The van der Waals surface area contributed by atoms with Crippen molar-refractivity contribution in [3.8, 4) is 5.75 Å². The number of nitrogens with one attached hydrogen (secondary N) is 1. The smallest absolute Gasteiger partial charge is 0.331 e. The second kappa shape index (κ2) is 10.6. The minimum Gasteiger partial charge on any atom is -0.492 e. The fourth-order valence-electron chi connectivity index (χ4n) is 2.73. The number of anilines is 1. The highest BCUT2D eigenvalue weighted by atomic mass is 16.5. The number of carbonyl (C=O) groups excluding carboxylic acids is 2. The van der Waals surface area contributed by atoms with Crippen molar-refractivity contribution in [1.29, 1.82) is 0 Å². The monoisotopic (exact) mass is 402 g/mol. The molecule has 0 spiro atoms. The van der Waals surface area contributed by atoms with Crippen molar-refractivity contribution >= 4 is 23.6 Å². The molecule has 6 nitrogen and oxygen atoms in total. The van der Waals surface area contributed by atoms with Gasteiger partial charge in [0.1, 0.15) is 5.75 Å². The average Bonchev–Trinajstić information content (AvgIpc) is 2.79. The Bertz CT molecular complexity index is 1000. The van der Waals surface area contributed by atoms with Crippen molar-refractivity contribution in [1.82, 2.24) is 4.98 Å². The maximum atomic E-state index is 13.0. The molecule has 1 heterocycles. The van der Waals surface area contributed by atoms with Crippen LogP contribution in [0.5, 0.6) is 5.75 Å². The number of benzene rings is 2. The van der Waals surface area contributed by atoms with Crippen LogP contribution in [0.25, 0.3) is 6.08 Å². The molecule has 1 aromatic heterocycles. The van der Waals surface area contributed by atoms with Crippen LogP contribution in [0.4, 0.5) is 5.69 Å². The van der Waals surface area contributed by atoms with Crippen LogP contribution in [0, 0.1) is 0 Å². The van der Waals surface area contributed by atoms with Gasteiger partial charge in [0.2, 0.25) is 6.10 Å². The largest absolute Gasteiger partial charge is 0.492 e. The normalized spacial score (nSPS) is 11.6. The predicted molar refractivity (Wildman–Crippen MR) is 115 cm³/mol. The van der Waals surface area contributed by atoms with Crippen molar-refractivity contribution in [2.24, 2.45) is 0 Å². The highest BCUT2D eigenvalue weighted by Crippen LogP contribution is 2.26. The van der Waals surface area contributed by atoms with Crippen molar-refractivity contribution in [2.45, 2.75) is 13.0 Å². The summed E-state index contributed by atoms with van der Waals surface area (Å²) in [6.07, 6.45) is 3.29. The van der Waals surface area contributed by atoms with Crippen molar-refractivity contribution < 1.29 is 19.1 Å². The van der Waals surface area contributed by atoms with Gasteiger partial charge in [0.25, 0.3) is 5.91 Å². The molecule has 1 atom stereocenters. The minimum atomic E-state index is -1.12. The third-order valence-electron chi connectivity index (χ3n) is 4.10. The average molecular weight is 402 g/mol. The molecule has 30 heavy (non-hydrogen) atoms. The summed E-state index contributed by atoms with van der Waals surface area (Å²) in [7, 11) is 0. The maximum Gasteiger partial charge on any atom is 0.331 e. The SMILES string of the molecule is CCOc1ccccc1NC(=O)[C@H](OC(=O)/C=C/c1ccccn1)c1ccccc1. The third-order valence-corrected chi connectivity index (χ3v) is 4.10. The molecular formula is C24H22N2O4. The van der Waals surface area contributed by atoms with Crippen LogP contribution in [0.3, 0.4) is 0 Å². The maximum absolute atomic E-state index is 13.0. The lowest BCUT2D eigenvalue weighted by molar-refractivity contribution is -0.149. The summed E-state index contributed by atoms with van der Waals surface area (Å²) >= 11 is 0. The molecule has 0 aliphatic carbocycles. The molecule has 1 amide bonds. The molecule has 0 bridgehead atoms. The molecule has 3 aromatic rings. The molecule has 6 heteroatoms. The van der Waals surface area contributed by atoms with E-state index in [0.29, 0.717) is 29.3 Å². The quantitative estimate of drug-likeness (QED) is 0.446. The van der Waals surface area contributed by atoms with Gasteiger partial charge in [-0.05, 0) is 37.3 Å². The summed E-state index contributed by atoms with van der Waals surface area (Å²) in [6.45, 7) is 2.32. The van der Waals surface area contributed by atoms with E-state index >= 15 is 0 Å². The number of rotatable bonds is 8. The van der Waals surface area contributed by atoms with Crippen molar-refractivity contribution in [3.63, 3.8) is 0 Å². The molecule has 3 rings (SSSR count). The lowest BCUT2D eigenvalue weighted by Crippen LogP contribution is -2.25. The Labute approximate surface area is 175 Å². The Morgan fingerprint density at radius 1 is 1.00 bits per heavy atom. The molecule has 0 radical (unpaired) electrons. The first kappa shape index (κ1) is 20.8. The van der Waals surface area contributed by atoms with Gasteiger partial charge < -0.3 is 14.8 Å². The van der Waals surface area contributed by atoms with Crippen LogP contribution in [0.15, 0.2) is 85.1 Å². The van der Waals surface area contributed by atoms with Crippen LogP contribution in [-0.2, 0) is 14.3 Å². The van der Waals surface area contributed by atoms with Crippen LogP contribution >= 0.6 is 0 Å². The first-order valence-corrected chi connectivity index (χ1v) is 9.54. The van der Waals surface area contributed by atoms with Gasteiger partial charge in [0.05, 0.1) is 18.0 Å². The second-order valence-corrected chi connectivity index (χ2v) is 6.23.